The summed E-state index contributed by atoms with van der Waals surface area (Å²) in [4.78, 5) is 12.4. The number of ether oxygens (including phenoxy) is 1. The van der Waals surface area contributed by atoms with E-state index in [0.29, 0.717) is 21.4 Å². The van der Waals surface area contributed by atoms with Crippen molar-refractivity contribution in [3.05, 3.63) is 54.1 Å². The highest BCUT2D eigenvalue weighted by Crippen LogP contribution is 2.28. The van der Waals surface area contributed by atoms with E-state index in [1.54, 1.807) is 25.3 Å². The fourth-order valence-electron chi connectivity index (χ4n) is 2.23. The Hall–Kier alpha value is -2.98. The maximum atomic E-state index is 12.4. The molecule has 0 unspecified atom stereocenters. The fraction of sp³-hybridized carbons (Fsp3) is 0.118. The Bertz CT molecular complexity index is 1060. The summed E-state index contributed by atoms with van der Waals surface area (Å²) in [5, 5.41) is 11.7. The molecule has 0 bridgehead atoms. The molecule has 0 fully saturated rings. The number of nitrogens with one attached hydrogen (secondary N) is 2. The first kappa shape index (κ1) is 18.8. The van der Waals surface area contributed by atoms with Gasteiger partial charge in [-0.3, -0.25) is 14.8 Å². The summed E-state index contributed by atoms with van der Waals surface area (Å²) in [7, 11) is -1.83. The van der Waals surface area contributed by atoms with Crippen molar-refractivity contribution in [3.8, 4) is 16.3 Å². The molecule has 0 aliphatic rings. The molecule has 1 aromatic heterocycles. The number of benzene rings is 2. The topological polar surface area (TPSA) is 110 Å². The number of rotatable bonds is 6. The predicted molar refractivity (Wildman–Crippen MR) is 105 cm³/mol. The van der Waals surface area contributed by atoms with E-state index in [-0.39, 0.29) is 0 Å². The Balaban J connectivity index is 1.73. The number of methoxy groups -OCH3 is 1. The van der Waals surface area contributed by atoms with Gasteiger partial charge < -0.3 is 4.74 Å². The molecule has 1 heterocycles. The number of hydrogen-bond donors (Lipinski definition) is 2. The molecule has 3 rings (SSSR count). The first-order valence-electron chi connectivity index (χ1n) is 7.71. The molecular formula is C17H16N4O4S2. The zero-order valence-electron chi connectivity index (χ0n) is 14.5. The first-order valence-corrected chi connectivity index (χ1v) is 10.4. The van der Waals surface area contributed by atoms with Crippen LogP contribution in [0.15, 0.2) is 48.5 Å². The summed E-state index contributed by atoms with van der Waals surface area (Å²) in [5.41, 5.74) is 1.46. The average Bonchev–Trinajstić information content (AvgIpc) is 3.09. The predicted octanol–water partition coefficient (Wildman–Crippen LogP) is 2.84. The van der Waals surface area contributed by atoms with Crippen LogP contribution in [0.4, 0.5) is 10.8 Å². The molecule has 2 aromatic carbocycles. The largest absolute Gasteiger partial charge is 0.497 e. The summed E-state index contributed by atoms with van der Waals surface area (Å²) < 4.78 is 30.1. The summed E-state index contributed by atoms with van der Waals surface area (Å²) >= 11 is 1.23. The molecule has 0 aliphatic heterocycles. The van der Waals surface area contributed by atoms with Gasteiger partial charge in [0.15, 0.2) is 0 Å². The van der Waals surface area contributed by atoms with Gasteiger partial charge in [-0.2, -0.15) is 0 Å². The molecule has 8 nitrogen and oxygen atoms in total. The molecule has 1 amide bonds. The Morgan fingerprint density at radius 2 is 1.85 bits per heavy atom. The van der Waals surface area contributed by atoms with Gasteiger partial charge in [0.05, 0.1) is 13.4 Å². The lowest BCUT2D eigenvalue weighted by atomic mass is 10.2. The number of hydrogen-bond acceptors (Lipinski definition) is 7. The van der Waals surface area contributed by atoms with Crippen LogP contribution in [0.25, 0.3) is 10.6 Å². The van der Waals surface area contributed by atoms with Gasteiger partial charge in [0.25, 0.3) is 5.91 Å². The second kappa shape index (κ2) is 7.72. The van der Waals surface area contributed by atoms with Crippen molar-refractivity contribution < 1.29 is 17.9 Å². The molecule has 2 N–H and O–H groups in total. The van der Waals surface area contributed by atoms with Crippen LogP contribution in [0.1, 0.15) is 10.4 Å². The van der Waals surface area contributed by atoms with Gasteiger partial charge in [-0.15, -0.1) is 10.2 Å². The smallest absolute Gasteiger partial charge is 0.257 e. The second-order valence-corrected chi connectivity index (χ2v) is 8.28. The number of aromatic nitrogens is 2. The van der Waals surface area contributed by atoms with Gasteiger partial charge in [-0.25, -0.2) is 8.42 Å². The highest BCUT2D eigenvalue weighted by Gasteiger charge is 2.12. The molecule has 0 spiro atoms. The van der Waals surface area contributed by atoms with Crippen molar-refractivity contribution >= 4 is 38.1 Å². The Kier molecular flexibility index (Phi) is 5.38. The van der Waals surface area contributed by atoms with Crippen molar-refractivity contribution in [2.75, 3.05) is 23.4 Å². The van der Waals surface area contributed by atoms with Crippen LogP contribution in [0.2, 0.25) is 0 Å². The van der Waals surface area contributed by atoms with Crippen LogP contribution in [0.3, 0.4) is 0 Å². The normalized spacial score (nSPS) is 11.0. The van der Waals surface area contributed by atoms with E-state index in [4.69, 9.17) is 4.74 Å². The molecule has 140 valence electrons. The average molecular weight is 404 g/mol. The SMILES string of the molecule is COc1ccc(-c2nnc(NC(=O)c3cccc(NS(C)(=O)=O)c3)s2)cc1. The van der Waals surface area contributed by atoms with Crippen LogP contribution < -0.4 is 14.8 Å². The highest BCUT2D eigenvalue weighted by molar-refractivity contribution is 7.92. The van der Waals surface area contributed by atoms with Crippen LogP contribution in [0.5, 0.6) is 5.75 Å². The maximum absolute atomic E-state index is 12.4. The minimum absolute atomic E-state index is 0.296. The Morgan fingerprint density at radius 1 is 1.11 bits per heavy atom. The van der Waals surface area contributed by atoms with Crippen LogP contribution >= 0.6 is 11.3 Å². The molecule has 0 radical (unpaired) electrons. The lowest BCUT2D eigenvalue weighted by molar-refractivity contribution is 0.102. The lowest BCUT2D eigenvalue weighted by Gasteiger charge is -2.06. The van der Waals surface area contributed by atoms with Gasteiger partial charge >= 0.3 is 0 Å². The lowest BCUT2D eigenvalue weighted by Crippen LogP contribution is -2.13. The Labute approximate surface area is 160 Å². The van der Waals surface area contributed by atoms with E-state index in [1.807, 2.05) is 24.3 Å². The third-order valence-corrected chi connectivity index (χ3v) is 4.90. The number of nitrogens with zero attached hydrogens (tertiary/aromatic N) is 2. The van der Waals surface area contributed by atoms with Gasteiger partial charge in [-0.1, -0.05) is 17.4 Å². The summed E-state index contributed by atoms with van der Waals surface area (Å²) in [6.45, 7) is 0. The quantitative estimate of drug-likeness (QED) is 0.654. The number of carbonyl (C=O) groups excluding carboxylic acids is 1. The summed E-state index contributed by atoms with van der Waals surface area (Å²) in [5.74, 6) is 0.323. The minimum atomic E-state index is -3.42. The second-order valence-electron chi connectivity index (χ2n) is 5.55. The minimum Gasteiger partial charge on any atom is -0.497 e. The van der Waals surface area contributed by atoms with Crippen molar-refractivity contribution in [3.63, 3.8) is 0 Å². The van der Waals surface area contributed by atoms with E-state index >= 15 is 0 Å². The number of sulfonamides is 1. The number of carbonyl (C=O) groups is 1. The molecule has 0 aliphatic carbocycles. The molecule has 0 saturated carbocycles. The first-order chi connectivity index (χ1) is 12.8. The van der Waals surface area contributed by atoms with Gasteiger partial charge in [0.1, 0.15) is 10.8 Å². The third kappa shape index (κ3) is 5.02. The monoisotopic (exact) mass is 404 g/mol. The fourth-order valence-corrected chi connectivity index (χ4v) is 3.53. The van der Waals surface area contributed by atoms with E-state index in [9.17, 15) is 13.2 Å². The standard InChI is InChI=1S/C17H16N4O4S2/c1-25-14-8-6-11(7-9-14)16-19-20-17(26-16)18-15(22)12-4-3-5-13(10-12)21-27(2,23)24/h3-10,21H,1-2H3,(H,18,20,22). The zero-order valence-corrected chi connectivity index (χ0v) is 16.1. The van der Waals surface area contributed by atoms with Crippen LogP contribution in [-0.4, -0.2) is 37.9 Å². The van der Waals surface area contributed by atoms with E-state index < -0.39 is 15.9 Å². The van der Waals surface area contributed by atoms with Crippen LogP contribution in [-0.2, 0) is 10.0 Å². The maximum Gasteiger partial charge on any atom is 0.257 e. The van der Waals surface area contributed by atoms with Gasteiger partial charge in [-0.05, 0) is 42.5 Å². The summed E-state index contributed by atoms with van der Waals surface area (Å²) in [6.07, 6.45) is 1.04. The van der Waals surface area contributed by atoms with E-state index in [1.165, 1.54) is 17.4 Å². The highest BCUT2D eigenvalue weighted by atomic mass is 32.2. The zero-order chi connectivity index (χ0) is 19.4. The summed E-state index contributed by atoms with van der Waals surface area (Å²) in [6, 6.07) is 13.5. The molecule has 0 atom stereocenters. The molecule has 3 aromatic rings. The van der Waals surface area contributed by atoms with Gasteiger partial charge in [0, 0.05) is 16.8 Å². The molecular weight excluding hydrogens is 388 g/mol. The van der Waals surface area contributed by atoms with Crippen molar-refractivity contribution in [2.24, 2.45) is 0 Å². The van der Waals surface area contributed by atoms with Crippen molar-refractivity contribution in [2.45, 2.75) is 0 Å². The molecule has 27 heavy (non-hydrogen) atoms. The van der Waals surface area contributed by atoms with E-state index in [2.05, 4.69) is 20.2 Å². The number of anilines is 2. The molecule has 0 saturated heterocycles. The Morgan fingerprint density at radius 3 is 2.52 bits per heavy atom. The molecule has 10 heteroatoms. The van der Waals surface area contributed by atoms with Crippen LogP contribution in [0, 0.1) is 0 Å². The van der Waals surface area contributed by atoms with Crippen molar-refractivity contribution in [1.29, 1.82) is 0 Å². The third-order valence-electron chi connectivity index (χ3n) is 3.41. The number of amides is 1. The van der Waals surface area contributed by atoms with Crippen molar-refractivity contribution in [1.82, 2.24) is 10.2 Å². The van der Waals surface area contributed by atoms with E-state index in [0.717, 1.165) is 17.6 Å². The van der Waals surface area contributed by atoms with Gasteiger partial charge in [0.2, 0.25) is 15.2 Å².